The van der Waals surface area contributed by atoms with E-state index in [2.05, 4.69) is 365 Å². The van der Waals surface area contributed by atoms with E-state index in [-0.39, 0.29) is 22.1 Å². The molecule has 6 aliphatic carbocycles. The highest BCUT2D eigenvalue weighted by atomic mass is 19.1. The molecule has 0 bridgehead atoms. The van der Waals surface area contributed by atoms with E-state index < -0.39 is 16.2 Å². The third-order valence-electron chi connectivity index (χ3n) is 27.6. The van der Waals surface area contributed by atoms with Crippen molar-refractivity contribution in [1.29, 1.82) is 0 Å². The Kier molecular flexibility index (Phi) is 13.8. The summed E-state index contributed by atoms with van der Waals surface area (Å²) < 4.78 is 22.0. The molecule has 0 N–H and O–H groups in total. The first-order valence-corrected chi connectivity index (χ1v) is 39.9. The van der Waals surface area contributed by atoms with E-state index in [9.17, 15) is 0 Å². The van der Waals surface area contributed by atoms with Gasteiger partial charge in [0.05, 0.1) is 11.4 Å². The summed E-state index contributed by atoms with van der Waals surface area (Å²) in [6.07, 6.45) is 0.773. The Balaban J connectivity index is 0.702. The van der Waals surface area contributed by atoms with Crippen LogP contribution < -0.4 is 9.80 Å². The molecule has 1 aromatic heterocycles. The molecule has 15 aromatic carbocycles. The number of furan rings is 1. The molecule has 0 fully saturated rings. The Labute approximate surface area is 656 Å². The van der Waals surface area contributed by atoms with E-state index in [0.717, 1.165) is 84.7 Å². The van der Waals surface area contributed by atoms with Crippen LogP contribution in [0, 0.1) is 5.82 Å². The van der Waals surface area contributed by atoms with Crippen LogP contribution in [0.1, 0.15) is 148 Å². The summed E-state index contributed by atoms with van der Waals surface area (Å²) in [6.45, 7) is 26.5. The molecule has 0 radical (unpaired) electrons. The summed E-state index contributed by atoms with van der Waals surface area (Å²) in [6, 6.07) is 114. The molecular weight excluding hydrogens is 1360 g/mol. The van der Waals surface area contributed by atoms with Crippen LogP contribution in [0.3, 0.4) is 0 Å². The summed E-state index contributed by atoms with van der Waals surface area (Å²) >= 11 is 0. The Hall–Kier alpha value is -12.4. The first kappa shape index (κ1) is 66.6. The fourth-order valence-corrected chi connectivity index (χ4v) is 21.9. The van der Waals surface area contributed by atoms with Crippen LogP contribution in [0.5, 0.6) is 0 Å². The van der Waals surface area contributed by atoms with Crippen molar-refractivity contribution in [2.24, 2.45) is 0 Å². The minimum Gasteiger partial charge on any atom is -0.455 e. The van der Waals surface area contributed by atoms with Crippen molar-refractivity contribution in [2.75, 3.05) is 9.80 Å². The van der Waals surface area contributed by atoms with E-state index in [4.69, 9.17) is 4.42 Å². The highest BCUT2D eigenvalue weighted by Gasteiger charge is 2.49. The molecule has 0 saturated heterocycles. The number of benzene rings is 15. The lowest BCUT2D eigenvalue weighted by molar-refractivity contribution is 0.564. The van der Waals surface area contributed by atoms with Crippen LogP contribution in [0.25, 0.3) is 111 Å². The quantitative estimate of drug-likeness (QED) is 0.136. The number of fused-ring (bicyclic) bond motifs is 21. The van der Waals surface area contributed by atoms with Gasteiger partial charge in [0.1, 0.15) is 17.0 Å². The van der Waals surface area contributed by atoms with E-state index in [1.807, 2.05) is 12.1 Å². The van der Waals surface area contributed by atoms with Gasteiger partial charge < -0.3 is 14.2 Å². The number of hydrogen-bond acceptors (Lipinski definition) is 3. The van der Waals surface area contributed by atoms with Crippen molar-refractivity contribution >= 4 is 56.1 Å². The van der Waals surface area contributed by atoms with Gasteiger partial charge in [0, 0.05) is 82.7 Å². The van der Waals surface area contributed by atoms with Gasteiger partial charge in [-0.15, -0.1) is 0 Å². The molecule has 540 valence electrons. The number of hydrogen-bond donors (Lipinski definition) is 0. The van der Waals surface area contributed by atoms with Gasteiger partial charge in [0.25, 0.3) is 0 Å². The molecule has 0 amide bonds. The average molecular weight is 1450 g/mol. The van der Waals surface area contributed by atoms with Crippen LogP contribution in [-0.4, -0.2) is 0 Å². The van der Waals surface area contributed by atoms with Crippen molar-refractivity contribution in [3.8, 4) is 89.0 Å². The van der Waals surface area contributed by atoms with E-state index >= 15 is 4.39 Å². The highest BCUT2D eigenvalue weighted by Crippen LogP contribution is 2.64. The molecule has 1 unspecified atom stereocenters. The Morgan fingerprint density at radius 1 is 0.268 bits per heavy atom. The van der Waals surface area contributed by atoms with Gasteiger partial charge in [0.15, 0.2) is 0 Å². The maximum atomic E-state index is 15.3. The predicted octanol–water partition coefficient (Wildman–Crippen LogP) is 29.1. The van der Waals surface area contributed by atoms with Gasteiger partial charge in [-0.2, -0.15) is 0 Å². The molecule has 0 saturated carbocycles. The molecule has 3 nitrogen and oxygen atoms in total. The fourth-order valence-electron chi connectivity index (χ4n) is 21.9. The molecule has 0 aliphatic heterocycles. The third-order valence-corrected chi connectivity index (χ3v) is 27.6. The summed E-state index contributed by atoms with van der Waals surface area (Å²) in [5, 5.41) is 2.24. The first-order chi connectivity index (χ1) is 54.1. The van der Waals surface area contributed by atoms with Crippen LogP contribution in [-0.2, 0) is 38.9 Å². The van der Waals surface area contributed by atoms with E-state index in [1.54, 1.807) is 12.1 Å². The first-order valence-electron chi connectivity index (χ1n) is 39.9. The Bertz CT molecular complexity index is 6780. The highest BCUT2D eigenvalue weighted by molar-refractivity contribution is 6.10. The van der Waals surface area contributed by atoms with Gasteiger partial charge >= 0.3 is 0 Å². The molecule has 6 aliphatic rings. The van der Waals surface area contributed by atoms with Gasteiger partial charge in [-0.3, -0.25) is 0 Å². The molecule has 1 atom stereocenters. The Morgan fingerprint density at radius 3 is 1.40 bits per heavy atom. The zero-order valence-electron chi connectivity index (χ0n) is 65.3. The normalized spacial score (nSPS) is 16.8. The van der Waals surface area contributed by atoms with Crippen LogP contribution in [0.4, 0.5) is 38.5 Å². The van der Waals surface area contributed by atoms with Crippen molar-refractivity contribution in [3.05, 3.63) is 381 Å². The largest absolute Gasteiger partial charge is 0.455 e. The van der Waals surface area contributed by atoms with Crippen LogP contribution in [0.2, 0.25) is 0 Å². The number of para-hydroxylation sites is 2. The average Bonchev–Trinajstić information content (AvgIpc) is 1.57. The number of rotatable bonds is 10. The number of anilines is 6. The lowest BCUT2D eigenvalue weighted by Gasteiger charge is -2.33. The van der Waals surface area contributed by atoms with Crippen molar-refractivity contribution in [2.45, 2.75) is 115 Å². The third kappa shape index (κ3) is 9.09. The predicted molar refractivity (Wildman–Crippen MR) is 464 cm³/mol. The standard InChI is InChI=1S/C108H85FN2O/c1-103(2)85-34-18-15-28-73(85)75-53-50-70(56-90(75)103)111(96-38-23-36-87-99(96)84-60-92-82(59-93(84)105(87,5)6)77-52-45-67(109)55-89(77)106(92,7)8)71-51-54-76-79-32-21-27-66(101(79)107(9,10)91(76)57-71)62-108(11)88-37-24-39-97(100(88)83-58-81-74-29-16-19-35-86(74)104(3,4)94(81)61-95(83)108)110(68-46-41-64(42-47-68)63-25-13-12-14-26-63)69-48-43-65(44-49-69)72-31-22-33-80-78-30-17-20-40-98(78)112-102(72)80/h12-61H,62H2,1-11H3. The zero-order valence-corrected chi connectivity index (χ0v) is 65.3. The summed E-state index contributed by atoms with van der Waals surface area (Å²) in [7, 11) is 0. The van der Waals surface area contributed by atoms with Gasteiger partial charge in [-0.1, -0.05) is 282 Å². The smallest absolute Gasteiger partial charge is 0.143 e. The topological polar surface area (TPSA) is 19.6 Å². The second-order valence-corrected chi connectivity index (χ2v) is 35.4. The zero-order chi connectivity index (χ0) is 76.0. The monoisotopic (exact) mass is 1440 g/mol. The molecule has 16 aromatic rings. The van der Waals surface area contributed by atoms with Gasteiger partial charge in [0.2, 0.25) is 0 Å². The fraction of sp³-hybridized carbons (Fsp3) is 0.167. The summed E-state index contributed by atoms with van der Waals surface area (Å²) in [5.74, 6) is -0.195. The molecular formula is C108H85FN2O. The van der Waals surface area contributed by atoms with Gasteiger partial charge in [-0.25, -0.2) is 4.39 Å². The molecule has 1 heterocycles. The lowest BCUT2D eigenvalue weighted by atomic mass is 9.70. The van der Waals surface area contributed by atoms with Crippen molar-refractivity contribution in [1.82, 2.24) is 0 Å². The van der Waals surface area contributed by atoms with Gasteiger partial charge in [-0.05, 0) is 248 Å². The second kappa shape index (κ2) is 23.1. The molecule has 22 rings (SSSR count). The minimum absolute atomic E-state index is 0.195. The summed E-state index contributed by atoms with van der Waals surface area (Å²) in [4.78, 5) is 5.11. The molecule has 0 spiro atoms. The van der Waals surface area contributed by atoms with Crippen LogP contribution in [0.15, 0.2) is 308 Å². The maximum absolute atomic E-state index is 15.3. The second-order valence-electron chi connectivity index (χ2n) is 35.4. The minimum atomic E-state index is -0.493. The van der Waals surface area contributed by atoms with E-state index in [0.29, 0.717) is 0 Å². The maximum Gasteiger partial charge on any atom is 0.143 e. The summed E-state index contributed by atoms with van der Waals surface area (Å²) in [5.41, 5.74) is 43.1. The van der Waals surface area contributed by atoms with Crippen molar-refractivity contribution in [3.63, 3.8) is 0 Å². The van der Waals surface area contributed by atoms with Crippen molar-refractivity contribution < 1.29 is 8.81 Å². The Morgan fingerprint density at radius 2 is 0.696 bits per heavy atom. The van der Waals surface area contributed by atoms with Crippen LogP contribution >= 0.6 is 0 Å². The number of halogens is 1. The molecule has 4 heteroatoms. The lowest BCUT2D eigenvalue weighted by Crippen LogP contribution is -2.27. The van der Waals surface area contributed by atoms with E-state index in [1.165, 1.54) is 139 Å². The number of nitrogens with zero attached hydrogens (tertiary/aromatic N) is 2. The molecule has 112 heavy (non-hydrogen) atoms. The SMILES string of the molecule is CC1(C)c2ccccc2-c2ccc(N(c3ccc4c(c3)C(C)(C)c3c(CC5(C)c6cc7c(cc6-c6c(N(c8ccc(-c9ccccc9)cc8)c8ccc(-c9cccc%10c9oc9ccccc9%10)cc8)cccc65)-c5ccccc5C7(C)C)cccc3-4)c3cccc4c3-c3cc5c(cc3C4(C)C)-c3ccc(F)cc3C5(C)C)cc21.